The average molecular weight is 474 g/mol. The first-order chi connectivity index (χ1) is 15.9. The zero-order chi connectivity index (χ0) is 23.8. The molecule has 1 aliphatic rings. The van der Waals surface area contributed by atoms with Gasteiger partial charge in [0, 0.05) is 44.3 Å². The molecule has 1 amide bonds. The highest BCUT2D eigenvalue weighted by atomic mass is 32.2. The van der Waals surface area contributed by atoms with E-state index in [0.717, 1.165) is 37.2 Å². The highest BCUT2D eigenvalue weighted by Gasteiger charge is 2.22. The van der Waals surface area contributed by atoms with Crippen molar-refractivity contribution in [1.29, 1.82) is 0 Å². The van der Waals surface area contributed by atoms with E-state index in [9.17, 15) is 13.2 Å². The third-order valence-electron chi connectivity index (χ3n) is 6.20. The lowest BCUT2D eigenvalue weighted by atomic mass is 10.0. The van der Waals surface area contributed by atoms with Crippen LogP contribution in [0.4, 0.5) is 5.69 Å². The molecule has 8 heteroatoms. The summed E-state index contributed by atoms with van der Waals surface area (Å²) in [5.74, 6) is 0.888. The molecule has 0 bridgehead atoms. The Kier molecular flexibility index (Phi) is 8.74. The number of anilines is 1. The Hall–Kier alpha value is -2.58. The van der Waals surface area contributed by atoms with E-state index in [4.69, 9.17) is 4.74 Å². The number of aryl methyl sites for hydroxylation is 1. The van der Waals surface area contributed by atoms with Crippen molar-refractivity contribution in [1.82, 2.24) is 9.62 Å². The smallest absolute Gasteiger partial charge is 0.243 e. The van der Waals surface area contributed by atoms with Crippen LogP contribution in [-0.4, -0.2) is 58.0 Å². The van der Waals surface area contributed by atoms with Gasteiger partial charge in [0.15, 0.2) is 0 Å². The lowest BCUT2D eigenvalue weighted by Gasteiger charge is -2.34. The van der Waals surface area contributed by atoms with Gasteiger partial charge in [0.05, 0.1) is 12.0 Å². The maximum absolute atomic E-state index is 12.6. The van der Waals surface area contributed by atoms with Crippen LogP contribution in [-0.2, 0) is 21.2 Å². The number of nitrogens with one attached hydrogen (secondary N) is 1. The highest BCUT2D eigenvalue weighted by molar-refractivity contribution is 7.89. The average Bonchev–Trinajstić information content (AvgIpc) is 2.84. The molecular formula is C25H35N3O4S. The molecule has 1 aliphatic heterocycles. The second-order valence-electron chi connectivity index (χ2n) is 8.26. The molecule has 0 saturated carbocycles. The molecule has 0 spiro atoms. The first-order valence-corrected chi connectivity index (χ1v) is 13.1. The normalized spacial score (nSPS) is 15.0. The van der Waals surface area contributed by atoms with Crippen LogP contribution in [0.2, 0.25) is 0 Å². The second kappa shape index (κ2) is 11.5. The van der Waals surface area contributed by atoms with Gasteiger partial charge in [0.25, 0.3) is 0 Å². The molecule has 2 aromatic rings. The van der Waals surface area contributed by atoms with Crippen LogP contribution >= 0.6 is 0 Å². The predicted octanol–water partition coefficient (Wildman–Crippen LogP) is 3.44. The molecular weight excluding hydrogens is 438 g/mol. The van der Waals surface area contributed by atoms with Crippen molar-refractivity contribution in [3.63, 3.8) is 0 Å². The third-order valence-corrected chi connectivity index (χ3v) is 8.27. The molecule has 0 unspecified atom stereocenters. The van der Waals surface area contributed by atoms with Gasteiger partial charge in [-0.2, -0.15) is 4.31 Å². The van der Waals surface area contributed by atoms with Crippen molar-refractivity contribution in [3.8, 4) is 5.75 Å². The SMILES string of the molecule is CCN(CC)S(=O)(=O)c1ccc(CCC(=O)NC2CCN(c3ccc(OC)cc3)CC2)cc1. The zero-order valence-electron chi connectivity index (χ0n) is 19.8. The number of carbonyl (C=O) groups excluding carboxylic acids is 1. The minimum atomic E-state index is -3.45. The van der Waals surface area contributed by atoms with E-state index in [1.165, 1.54) is 9.99 Å². The highest BCUT2D eigenvalue weighted by Crippen LogP contribution is 2.23. The van der Waals surface area contributed by atoms with Gasteiger partial charge in [-0.3, -0.25) is 4.79 Å². The van der Waals surface area contributed by atoms with E-state index in [0.29, 0.717) is 30.8 Å². The first kappa shape index (κ1) is 25.1. The van der Waals surface area contributed by atoms with Crippen LogP contribution in [0.15, 0.2) is 53.4 Å². The zero-order valence-corrected chi connectivity index (χ0v) is 20.6. The Morgan fingerprint density at radius 2 is 1.64 bits per heavy atom. The van der Waals surface area contributed by atoms with Gasteiger partial charge < -0.3 is 15.0 Å². The molecule has 0 radical (unpaired) electrons. The minimum absolute atomic E-state index is 0.0396. The number of sulfonamides is 1. The van der Waals surface area contributed by atoms with E-state index >= 15 is 0 Å². The molecule has 2 aromatic carbocycles. The summed E-state index contributed by atoms with van der Waals surface area (Å²) in [5.41, 5.74) is 2.13. The van der Waals surface area contributed by atoms with Gasteiger partial charge in [-0.1, -0.05) is 26.0 Å². The standard InChI is InChI=1S/C25H35N3O4S/c1-4-28(5-2)33(30,31)24-13-6-20(7-14-24)8-15-25(29)26-21-16-18-27(19-17-21)22-9-11-23(32-3)12-10-22/h6-7,9-14,21H,4-5,8,15-19H2,1-3H3,(H,26,29). The van der Waals surface area contributed by atoms with Crippen LogP contribution in [0.5, 0.6) is 5.75 Å². The minimum Gasteiger partial charge on any atom is -0.497 e. The van der Waals surface area contributed by atoms with Crippen molar-refractivity contribution < 1.29 is 17.9 Å². The molecule has 1 N–H and O–H groups in total. The third kappa shape index (κ3) is 6.48. The van der Waals surface area contributed by atoms with Gasteiger partial charge in [-0.25, -0.2) is 8.42 Å². The van der Waals surface area contributed by atoms with Crippen molar-refractivity contribution in [2.45, 2.75) is 50.5 Å². The Morgan fingerprint density at radius 3 is 2.18 bits per heavy atom. The summed E-state index contributed by atoms with van der Waals surface area (Å²) in [4.78, 5) is 15.1. The summed E-state index contributed by atoms with van der Waals surface area (Å²) < 4.78 is 31.8. The summed E-state index contributed by atoms with van der Waals surface area (Å²) in [6, 6.07) is 15.1. The fourth-order valence-corrected chi connectivity index (χ4v) is 5.63. The van der Waals surface area contributed by atoms with E-state index < -0.39 is 10.0 Å². The fourth-order valence-electron chi connectivity index (χ4n) is 4.17. The predicted molar refractivity (Wildman–Crippen MR) is 131 cm³/mol. The van der Waals surface area contributed by atoms with E-state index in [1.54, 1.807) is 31.4 Å². The lowest BCUT2D eigenvalue weighted by Crippen LogP contribution is -2.44. The maximum Gasteiger partial charge on any atom is 0.243 e. The molecule has 180 valence electrons. The Balaban J connectivity index is 1.44. The Morgan fingerprint density at radius 1 is 1.03 bits per heavy atom. The van der Waals surface area contributed by atoms with Gasteiger partial charge in [-0.15, -0.1) is 0 Å². The molecule has 0 aliphatic carbocycles. The van der Waals surface area contributed by atoms with Crippen LogP contribution in [0, 0.1) is 0 Å². The molecule has 33 heavy (non-hydrogen) atoms. The fraction of sp³-hybridized carbons (Fsp3) is 0.480. The number of amides is 1. The number of ether oxygens (including phenoxy) is 1. The molecule has 1 heterocycles. The number of hydrogen-bond acceptors (Lipinski definition) is 5. The maximum atomic E-state index is 12.6. The van der Waals surface area contributed by atoms with E-state index in [1.807, 2.05) is 26.0 Å². The molecule has 0 aromatic heterocycles. The number of nitrogens with zero attached hydrogens (tertiary/aromatic N) is 2. The molecule has 1 fully saturated rings. The summed E-state index contributed by atoms with van der Waals surface area (Å²) in [6.07, 6.45) is 2.80. The summed E-state index contributed by atoms with van der Waals surface area (Å²) in [6.45, 7) is 6.35. The second-order valence-corrected chi connectivity index (χ2v) is 10.2. The molecule has 1 saturated heterocycles. The lowest BCUT2D eigenvalue weighted by molar-refractivity contribution is -0.121. The van der Waals surface area contributed by atoms with Crippen LogP contribution in [0.25, 0.3) is 0 Å². The van der Waals surface area contributed by atoms with Crippen LogP contribution in [0.1, 0.15) is 38.7 Å². The van der Waals surface area contributed by atoms with Gasteiger partial charge >= 0.3 is 0 Å². The number of rotatable bonds is 10. The number of piperidine rings is 1. The molecule has 7 nitrogen and oxygen atoms in total. The summed E-state index contributed by atoms with van der Waals surface area (Å²) >= 11 is 0. The van der Waals surface area contributed by atoms with Crippen molar-refractivity contribution in [2.75, 3.05) is 38.2 Å². The summed E-state index contributed by atoms with van der Waals surface area (Å²) in [5, 5.41) is 3.16. The quantitative estimate of drug-likeness (QED) is 0.572. The van der Waals surface area contributed by atoms with Crippen LogP contribution in [0.3, 0.4) is 0 Å². The molecule has 3 rings (SSSR count). The topological polar surface area (TPSA) is 79.0 Å². The largest absolute Gasteiger partial charge is 0.497 e. The Bertz CT molecular complexity index is 995. The van der Waals surface area contributed by atoms with Gasteiger partial charge in [0.2, 0.25) is 15.9 Å². The molecule has 0 atom stereocenters. The van der Waals surface area contributed by atoms with E-state index in [-0.39, 0.29) is 11.9 Å². The van der Waals surface area contributed by atoms with Crippen molar-refractivity contribution in [3.05, 3.63) is 54.1 Å². The van der Waals surface area contributed by atoms with Gasteiger partial charge in [-0.05, 0) is 61.2 Å². The van der Waals surface area contributed by atoms with Crippen LogP contribution < -0.4 is 15.0 Å². The van der Waals surface area contributed by atoms with E-state index in [2.05, 4.69) is 22.3 Å². The monoisotopic (exact) mass is 473 g/mol. The van der Waals surface area contributed by atoms with Gasteiger partial charge in [0.1, 0.15) is 5.75 Å². The number of methoxy groups -OCH3 is 1. The Labute approximate surface area is 197 Å². The number of carbonyl (C=O) groups is 1. The number of hydrogen-bond donors (Lipinski definition) is 1. The summed E-state index contributed by atoms with van der Waals surface area (Å²) in [7, 11) is -1.79. The number of benzene rings is 2. The van der Waals surface area contributed by atoms with Crippen molar-refractivity contribution in [2.24, 2.45) is 0 Å². The van der Waals surface area contributed by atoms with Crippen molar-refractivity contribution >= 4 is 21.6 Å². The first-order valence-electron chi connectivity index (χ1n) is 11.6.